The summed E-state index contributed by atoms with van der Waals surface area (Å²) in [4.78, 5) is 22.4. The maximum absolute atomic E-state index is 11.3. The molecule has 1 heterocycles. The van der Waals surface area contributed by atoms with Gasteiger partial charge in [0, 0.05) is 0 Å². The van der Waals surface area contributed by atoms with Crippen LogP contribution >= 0.6 is 0 Å². The summed E-state index contributed by atoms with van der Waals surface area (Å²) < 4.78 is 5.90. The predicted molar refractivity (Wildman–Crippen MR) is 54.6 cm³/mol. The lowest BCUT2D eigenvalue weighted by Crippen LogP contribution is -2.26. The Morgan fingerprint density at radius 3 is 2.62 bits per heavy atom. The van der Waals surface area contributed by atoms with Gasteiger partial charge in [0.1, 0.15) is 6.04 Å². The number of carbonyl (C=O) groups is 2. The summed E-state index contributed by atoms with van der Waals surface area (Å²) in [7, 11) is 1.26. The highest BCUT2D eigenvalue weighted by Crippen LogP contribution is 2.13. The first-order chi connectivity index (χ1) is 7.52. The van der Waals surface area contributed by atoms with Gasteiger partial charge in [-0.15, -0.1) is 5.10 Å². The fourth-order valence-electron chi connectivity index (χ4n) is 1.33. The molecule has 0 saturated heterocycles. The van der Waals surface area contributed by atoms with Crippen LogP contribution in [0.3, 0.4) is 0 Å². The lowest BCUT2D eigenvalue weighted by molar-refractivity contribution is -0.121. The molecule has 0 aliphatic heterocycles. The third-order valence-corrected chi connectivity index (χ3v) is 2.28. The number of esters is 1. The second-order valence-electron chi connectivity index (χ2n) is 3.25. The highest BCUT2D eigenvalue weighted by atomic mass is 16.5. The maximum Gasteiger partial charge on any atom is 0.360 e. The molecule has 0 aromatic carbocycles. The average molecular weight is 226 g/mol. The van der Waals surface area contributed by atoms with E-state index in [2.05, 4.69) is 15.0 Å². The number of primary amides is 1. The molecule has 88 valence electrons. The van der Waals surface area contributed by atoms with Gasteiger partial charge >= 0.3 is 5.97 Å². The largest absolute Gasteiger partial charge is 0.464 e. The van der Waals surface area contributed by atoms with E-state index in [1.165, 1.54) is 11.8 Å². The van der Waals surface area contributed by atoms with E-state index in [4.69, 9.17) is 5.73 Å². The second-order valence-corrected chi connectivity index (χ2v) is 3.25. The molecule has 1 rings (SSSR count). The fourth-order valence-corrected chi connectivity index (χ4v) is 1.33. The Kier molecular flexibility index (Phi) is 3.60. The molecule has 1 atom stereocenters. The van der Waals surface area contributed by atoms with Crippen molar-refractivity contribution in [3.05, 3.63) is 11.4 Å². The van der Waals surface area contributed by atoms with Gasteiger partial charge in [-0.2, -0.15) is 0 Å². The van der Waals surface area contributed by atoms with E-state index in [9.17, 15) is 9.59 Å². The molecular formula is C9H14N4O3. The van der Waals surface area contributed by atoms with Crippen LogP contribution in [0.1, 0.15) is 36.1 Å². The molecule has 16 heavy (non-hydrogen) atoms. The molecule has 0 bridgehead atoms. The van der Waals surface area contributed by atoms with Crippen LogP contribution in [-0.4, -0.2) is 34.0 Å². The molecule has 0 spiro atoms. The molecule has 1 aromatic rings. The van der Waals surface area contributed by atoms with Crippen molar-refractivity contribution in [2.45, 2.75) is 26.3 Å². The van der Waals surface area contributed by atoms with Gasteiger partial charge in [-0.25, -0.2) is 9.48 Å². The van der Waals surface area contributed by atoms with Crippen LogP contribution in [0.4, 0.5) is 0 Å². The molecule has 7 nitrogen and oxygen atoms in total. The number of methoxy groups -OCH3 is 1. The summed E-state index contributed by atoms with van der Waals surface area (Å²) in [6.45, 7) is 3.42. The van der Waals surface area contributed by atoms with Crippen molar-refractivity contribution in [2.75, 3.05) is 7.11 Å². The minimum absolute atomic E-state index is 0.123. The van der Waals surface area contributed by atoms with Crippen molar-refractivity contribution in [3.63, 3.8) is 0 Å². The number of nitrogens with zero attached hydrogens (tertiary/aromatic N) is 3. The van der Waals surface area contributed by atoms with E-state index in [0.29, 0.717) is 12.1 Å². The molecule has 0 aliphatic rings. The van der Waals surface area contributed by atoms with Crippen LogP contribution in [0.2, 0.25) is 0 Å². The smallest absolute Gasteiger partial charge is 0.360 e. The summed E-state index contributed by atoms with van der Waals surface area (Å²) in [6, 6.07) is -0.638. The molecule has 7 heteroatoms. The van der Waals surface area contributed by atoms with E-state index in [1.807, 2.05) is 6.92 Å². The molecule has 0 radical (unpaired) electrons. The van der Waals surface area contributed by atoms with Crippen LogP contribution in [0.25, 0.3) is 0 Å². The first-order valence-corrected chi connectivity index (χ1v) is 4.84. The van der Waals surface area contributed by atoms with Crippen molar-refractivity contribution >= 4 is 11.9 Å². The number of aromatic nitrogens is 3. The lowest BCUT2D eigenvalue weighted by Gasteiger charge is -2.10. The summed E-state index contributed by atoms with van der Waals surface area (Å²) in [5.41, 5.74) is 5.83. The average Bonchev–Trinajstić information content (AvgIpc) is 2.69. The van der Waals surface area contributed by atoms with Crippen LogP contribution in [0.5, 0.6) is 0 Å². The first-order valence-electron chi connectivity index (χ1n) is 4.84. The quantitative estimate of drug-likeness (QED) is 0.709. The number of ether oxygens (including phenoxy) is 1. The minimum atomic E-state index is -0.638. The van der Waals surface area contributed by atoms with E-state index in [1.54, 1.807) is 6.92 Å². The molecule has 0 aliphatic carbocycles. The van der Waals surface area contributed by atoms with Gasteiger partial charge in [0.05, 0.1) is 12.8 Å². The van der Waals surface area contributed by atoms with E-state index < -0.39 is 17.9 Å². The Labute approximate surface area is 92.6 Å². The second kappa shape index (κ2) is 4.73. The monoisotopic (exact) mass is 226 g/mol. The Balaban J connectivity index is 3.18. The Hall–Kier alpha value is -1.92. The number of carbonyl (C=O) groups excluding carboxylic acids is 2. The molecule has 1 unspecified atom stereocenters. The highest BCUT2D eigenvalue weighted by molar-refractivity contribution is 5.88. The van der Waals surface area contributed by atoms with Crippen LogP contribution < -0.4 is 5.73 Å². The number of hydrogen-bond acceptors (Lipinski definition) is 5. The standard InChI is InChI=1S/C9H14N4O3/c1-4-6-7(9(15)16-3)11-12-13(6)5(2)8(10)14/h5H,4H2,1-3H3,(H2,10,14). The zero-order valence-corrected chi connectivity index (χ0v) is 9.43. The number of hydrogen-bond donors (Lipinski definition) is 1. The third kappa shape index (κ3) is 2.02. The normalized spacial score (nSPS) is 12.2. The Morgan fingerprint density at radius 2 is 2.19 bits per heavy atom. The van der Waals surface area contributed by atoms with Crippen molar-refractivity contribution in [1.82, 2.24) is 15.0 Å². The number of rotatable bonds is 4. The molecule has 2 N–H and O–H groups in total. The first kappa shape index (κ1) is 12.2. The Morgan fingerprint density at radius 1 is 1.56 bits per heavy atom. The van der Waals surface area contributed by atoms with Gasteiger partial charge in [-0.3, -0.25) is 4.79 Å². The van der Waals surface area contributed by atoms with Crippen molar-refractivity contribution in [1.29, 1.82) is 0 Å². The fraction of sp³-hybridized carbons (Fsp3) is 0.556. The van der Waals surface area contributed by atoms with Crippen molar-refractivity contribution in [3.8, 4) is 0 Å². The molecule has 0 saturated carbocycles. The van der Waals surface area contributed by atoms with Gasteiger partial charge in [0.15, 0.2) is 5.69 Å². The van der Waals surface area contributed by atoms with Gasteiger partial charge < -0.3 is 10.5 Å². The molecule has 0 fully saturated rings. The molecular weight excluding hydrogens is 212 g/mol. The van der Waals surface area contributed by atoms with Gasteiger partial charge in [0.2, 0.25) is 5.91 Å². The SMILES string of the molecule is CCc1c(C(=O)OC)nnn1C(C)C(N)=O. The van der Waals surface area contributed by atoms with Crippen LogP contribution in [-0.2, 0) is 16.0 Å². The zero-order chi connectivity index (χ0) is 12.3. The summed E-state index contributed by atoms with van der Waals surface area (Å²) >= 11 is 0. The van der Waals surface area contributed by atoms with Crippen LogP contribution in [0.15, 0.2) is 0 Å². The summed E-state index contributed by atoms with van der Waals surface area (Å²) in [5.74, 6) is -1.10. The predicted octanol–water partition coefficient (Wildman–Crippen LogP) is -0.327. The van der Waals surface area contributed by atoms with E-state index in [0.717, 1.165) is 0 Å². The summed E-state index contributed by atoms with van der Waals surface area (Å²) in [6.07, 6.45) is 0.509. The number of nitrogens with two attached hydrogens (primary N) is 1. The van der Waals surface area contributed by atoms with Crippen molar-refractivity contribution in [2.24, 2.45) is 5.73 Å². The van der Waals surface area contributed by atoms with Gasteiger partial charge in [-0.05, 0) is 13.3 Å². The lowest BCUT2D eigenvalue weighted by atomic mass is 10.2. The van der Waals surface area contributed by atoms with Gasteiger partial charge in [-0.1, -0.05) is 12.1 Å². The third-order valence-electron chi connectivity index (χ3n) is 2.28. The number of amides is 1. The maximum atomic E-state index is 11.3. The van der Waals surface area contributed by atoms with E-state index >= 15 is 0 Å². The Bertz CT molecular complexity index is 413. The highest BCUT2D eigenvalue weighted by Gasteiger charge is 2.23. The van der Waals surface area contributed by atoms with Crippen molar-refractivity contribution < 1.29 is 14.3 Å². The molecule has 1 amide bonds. The van der Waals surface area contributed by atoms with Crippen LogP contribution in [0, 0.1) is 0 Å². The summed E-state index contributed by atoms with van der Waals surface area (Å²) in [5, 5.41) is 7.43. The molecule has 1 aromatic heterocycles. The zero-order valence-electron chi connectivity index (χ0n) is 9.43. The topological polar surface area (TPSA) is 100 Å². The van der Waals surface area contributed by atoms with E-state index in [-0.39, 0.29) is 5.69 Å². The van der Waals surface area contributed by atoms with Gasteiger partial charge in [0.25, 0.3) is 0 Å². The minimum Gasteiger partial charge on any atom is -0.464 e.